The number of hydrogen-bond donors (Lipinski definition) is 1. The second-order valence-corrected chi connectivity index (χ2v) is 7.33. The number of rotatable bonds is 6. The first-order chi connectivity index (χ1) is 14.7. The van der Waals surface area contributed by atoms with Crippen molar-refractivity contribution in [2.24, 2.45) is 5.92 Å². The molecule has 4 rings (SSSR count). The molecule has 6 nitrogen and oxygen atoms in total. The van der Waals surface area contributed by atoms with Crippen LogP contribution < -0.4 is 4.74 Å². The van der Waals surface area contributed by atoms with Crippen molar-refractivity contribution in [3.63, 3.8) is 0 Å². The van der Waals surface area contributed by atoms with Gasteiger partial charge in [-0.3, -0.25) is 0 Å². The molecule has 1 aromatic carbocycles. The first kappa shape index (κ1) is 20.1. The van der Waals surface area contributed by atoms with Crippen molar-refractivity contribution in [3.05, 3.63) is 65.7 Å². The second kappa shape index (κ2) is 9.57. The van der Waals surface area contributed by atoms with Crippen LogP contribution in [0.25, 0.3) is 11.3 Å². The molecule has 154 valence electrons. The van der Waals surface area contributed by atoms with Gasteiger partial charge in [0.15, 0.2) is 0 Å². The third kappa shape index (κ3) is 4.88. The maximum Gasteiger partial charge on any atom is 0.214 e. The minimum absolute atomic E-state index is 0.235. The van der Waals surface area contributed by atoms with Crippen LogP contribution in [0, 0.1) is 17.8 Å². The minimum atomic E-state index is 0.235. The number of pyridine rings is 1. The van der Waals surface area contributed by atoms with Crippen LogP contribution in [0.2, 0.25) is 0 Å². The van der Waals surface area contributed by atoms with Crippen LogP contribution in [0.1, 0.15) is 23.4 Å². The number of benzene rings is 1. The summed E-state index contributed by atoms with van der Waals surface area (Å²) in [6.45, 7) is 2.05. The number of ether oxygens (including phenoxy) is 2. The molecule has 0 amide bonds. The summed E-state index contributed by atoms with van der Waals surface area (Å²) in [5.74, 6) is 8.31. The zero-order chi connectivity index (χ0) is 20.8. The average molecular weight is 403 g/mol. The third-order valence-corrected chi connectivity index (χ3v) is 5.15. The van der Waals surface area contributed by atoms with Crippen molar-refractivity contribution < 1.29 is 14.6 Å². The second-order valence-electron chi connectivity index (χ2n) is 7.33. The van der Waals surface area contributed by atoms with Crippen molar-refractivity contribution in [2.45, 2.75) is 19.4 Å². The number of aryl methyl sites for hydroxylation is 1. The van der Waals surface area contributed by atoms with Gasteiger partial charge in [0.2, 0.25) is 5.88 Å². The number of fused-ring (bicyclic) bond motifs is 1. The van der Waals surface area contributed by atoms with Gasteiger partial charge in [-0.15, -0.1) is 0 Å². The topological polar surface area (TPSA) is 69.4 Å². The fraction of sp³-hybridized carbons (Fsp3) is 0.333. The number of nitrogens with zero attached hydrogens (tertiary/aromatic N) is 3. The van der Waals surface area contributed by atoms with Crippen molar-refractivity contribution in [1.29, 1.82) is 0 Å². The third-order valence-electron chi connectivity index (χ3n) is 5.15. The van der Waals surface area contributed by atoms with E-state index in [4.69, 9.17) is 14.5 Å². The van der Waals surface area contributed by atoms with Gasteiger partial charge in [0, 0.05) is 67.8 Å². The molecule has 0 bridgehead atoms. The Labute approximate surface area is 176 Å². The van der Waals surface area contributed by atoms with Gasteiger partial charge in [-0.2, -0.15) is 0 Å². The predicted molar refractivity (Wildman–Crippen MR) is 114 cm³/mol. The summed E-state index contributed by atoms with van der Waals surface area (Å²) in [7, 11) is 1.64. The summed E-state index contributed by atoms with van der Waals surface area (Å²) < 4.78 is 12.7. The number of methoxy groups -OCH3 is 1. The molecule has 0 fully saturated rings. The van der Waals surface area contributed by atoms with Crippen LogP contribution in [-0.2, 0) is 17.7 Å². The van der Waals surface area contributed by atoms with Crippen LogP contribution in [-0.4, -0.2) is 46.6 Å². The Morgan fingerprint density at radius 3 is 2.77 bits per heavy atom. The molecule has 1 unspecified atom stereocenters. The van der Waals surface area contributed by atoms with E-state index in [1.165, 1.54) is 0 Å². The molecular weight excluding hydrogens is 378 g/mol. The predicted octanol–water partition coefficient (Wildman–Crippen LogP) is 2.92. The Morgan fingerprint density at radius 2 is 1.97 bits per heavy atom. The lowest BCUT2D eigenvalue weighted by Crippen LogP contribution is -2.22. The standard InChI is InChI=1S/C24H25N3O3/c1-29-12-13-30-24-14-19(10-11-25-24)3-2-18-4-7-21(8-5-18)22-16-27-15-20(17-28)6-9-23(27)26-22/h4-5,7-8,10-11,14,16,20,28H,6,9,12-13,15,17H2,1H3. The SMILES string of the molecule is COCCOc1cc(C#Cc2ccc(-c3cn4c(n3)CCC(CO)C4)cc2)ccn1. The molecule has 1 aliphatic heterocycles. The van der Waals surface area contributed by atoms with Crippen LogP contribution >= 0.6 is 0 Å². The van der Waals surface area contributed by atoms with E-state index in [0.717, 1.165) is 47.6 Å². The smallest absolute Gasteiger partial charge is 0.214 e. The van der Waals surface area contributed by atoms with E-state index in [0.29, 0.717) is 25.0 Å². The first-order valence-corrected chi connectivity index (χ1v) is 10.1. The fourth-order valence-electron chi connectivity index (χ4n) is 3.47. The summed E-state index contributed by atoms with van der Waals surface area (Å²) in [6.07, 6.45) is 5.69. The van der Waals surface area contributed by atoms with E-state index in [-0.39, 0.29) is 6.61 Å². The van der Waals surface area contributed by atoms with E-state index in [1.54, 1.807) is 13.3 Å². The number of imidazole rings is 1. The van der Waals surface area contributed by atoms with E-state index >= 15 is 0 Å². The van der Waals surface area contributed by atoms with Crippen molar-refractivity contribution in [3.8, 4) is 29.0 Å². The highest BCUT2D eigenvalue weighted by Crippen LogP contribution is 2.25. The van der Waals surface area contributed by atoms with Gasteiger partial charge in [-0.25, -0.2) is 9.97 Å². The Hall–Kier alpha value is -3.14. The van der Waals surface area contributed by atoms with Crippen molar-refractivity contribution in [2.75, 3.05) is 26.9 Å². The molecule has 6 heteroatoms. The molecule has 1 N–H and O–H groups in total. The van der Waals surface area contributed by atoms with E-state index in [2.05, 4.69) is 27.6 Å². The summed E-state index contributed by atoms with van der Waals surface area (Å²) in [4.78, 5) is 8.95. The number of hydrogen-bond acceptors (Lipinski definition) is 5. The van der Waals surface area contributed by atoms with Gasteiger partial charge in [0.1, 0.15) is 12.4 Å². The Kier molecular flexibility index (Phi) is 6.43. The molecule has 30 heavy (non-hydrogen) atoms. The molecule has 2 aromatic heterocycles. The van der Waals surface area contributed by atoms with E-state index in [9.17, 15) is 5.11 Å². The van der Waals surface area contributed by atoms with Crippen LogP contribution in [0.4, 0.5) is 0 Å². The molecule has 0 aliphatic carbocycles. The molecule has 1 atom stereocenters. The maximum absolute atomic E-state index is 9.41. The van der Waals surface area contributed by atoms with Crippen LogP contribution in [0.15, 0.2) is 48.8 Å². The summed E-state index contributed by atoms with van der Waals surface area (Å²) in [5, 5.41) is 9.41. The lowest BCUT2D eigenvalue weighted by molar-refractivity contribution is 0.143. The highest BCUT2D eigenvalue weighted by atomic mass is 16.5. The van der Waals surface area contributed by atoms with E-state index < -0.39 is 0 Å². The Balaban J connectivity index is 1.44. The molecule has 3 aromatic rings. The first-order valence-electron chi connectivity index (χ1n) is 10.1. The Bertz CT molecular complexity index is 1050. The molecule has 3 heterocycles. The highest BCUT2D eigenvalue weighted by Gasteiger charge is 2.20. The molecule has 1 aliphatic rings. The maximum atomic E-state index is 9.41. The van der Waals surface area contributed by atoms with Gasteiger partial charge in [0.05, 0.1) is 12.3 Å². The quantitative estimate of drug-likeness (QED) is 0.506. The zero-order valence-electron chi connectivity index (χ0n) is 17.0. The van der Waals surface area contributed by atoms with Crippen LogP contribution in [0.3, 0.4) is 0 Å². The number of aromatic nitrogens is 3. The molecule has 0 saturated carbocycles. The minimum Gasteiger partial charge on any atom is -0.475 e. The number of aliphatic hydroxyl groups excluding tert-OH is 1. The van der Waals surface area contributed by atoms with Gasteiger partial charge < -0.3 is 19.1 Å². The highest BCUT2D eigenvalue weighted by molar-refractivity contribution is 5.60. The molecule has 0 spiro atoms. The zero-order valence-corrected chi connectivity index (χ0v) is 17.0. The lowest BCUT2D eigenvalue weighted by atomic mass is 10.0. The number of aliphatic hydroxyl groups is 1. The summed E-state index contributed by atoms with van der Waals surface area (Å²) in [5.41, 5.74) is 3.82. The van der Waals surface area contributed by atoms with Crippen LogP contribution in [0.5, 0.6) is 5.88 Å². The van der Waals surface area contributed by atoms with Gasteiger partial charge in [0.25, 0.3) is 0 Å². The monoisotopic (exact) mass is 403 g/mol. The lowest BCUT2D eigenvalue weighted by Gasteiger charge is -2.21. The van der Waals surface area contributed by atoms with Gasteiger partial charge >= 0.3 is 0 Å². The van der Waals surface area contributed by atoms with E-state index in [1.807, 2.05) is 36.4 Å². The summed E-state index contributed by atoms with van der Waals surface area (Å²) >= 11 is 0. The molecule has 0 radical (unpaired) electrons. The normalized spacial score (nSPS) is 15.2. The van der Waals surface area contributed by atoms with Crippen molar-refractivity contribution >= 4 is 0 Å². The van der Waals surface area contributed by atoms with Gasteiger partial charge in [-0.1, -0.05) is 24.0 Å². The molecular formula is C24H25N3O3. The fourth-order valence-corrected chi connectivity index (χ4v) is 3.47. The molecule has 0 saturated heterocycles. The summed E-state index contributed by atoms with van der Waals surface area (Å²) in [6, 6.07) is 11.8. The van der Waals surface area contributed by atoms with Gasteiger partial charge in [-0.05, 0) is 24.6 Å². The van der Waals surface area contributed by atoms with Crippen molar-refractivity contribution in [1.82, 2.24) is 14.5 Å². The largest absolute Gasteiger partial charge is 0.475 e. The average Bonchev–Trinajstić information content (AvgIpc) is 3.22. The Morgan fingerprint density at radius 1 is 1.13 bits per heavy atom.